The lowest BCUT2D eigenvalue weighted by Gasteiger charge is -2.11. The third kappa shape index (κ3) is 2.34. The highest BCUT2D eigenvalue weighted by molar-refractivity contribution is 7.98. The fourth-order valence-corrected chi connectivity index (χ4v) is 2.47. The summed E-state index contributed by atoms with van der Waals surface area (Å²) >= 11 is 1.58. The topological polar surface area (TPSA) is 34.9 Å². The highest BCUT2D eigenvalue weighted by atomic mass is 32.2. The largest absolute Gasteiger partial charge is 0.287 e. The van der Waals surface area contributed by atoms with E-state index in [1.807, 2.05) is 44.4 Å². The standard InChI is InChI=1S/C14H16N2OS/c1-10(2)16-12(8-9-15-16)14(17)11-6-4-5-7-13(11)18-3/h4-10H,1-3H3. The molecule has 0 atom stereocenters. The van der Waals surface area contributed by atoms with Gasteiger partial charge in [0.15, 0.2) is 0 Å². The van der Waals surface area contributed by atoms with Crippen molar-refractivity contribution in [2.45, 2.75) is 24.8 Å². The molecule has 0 fully saturated rings. The first kappa shape index (κ1) is 12.9. The molecule has 0 aliphatic heterocycles. The van der Waals surface area contributed by atoms with E-state index in [0.29, 0.717) is 5.69 Å². The van der Waals surface area contributed by atoms with Crippen LogP contribution in [0.25, 0.3) is 0 Å². The average Bonchev–Trinajstić information content (AvgIpc) is 2.87. The van der Waals surface area contributed by atoms with Crippen LogP contribution in [0.4, 0.5) is 0 Å². The van der Waals surface area contributed by atoms with Gasteiger partial charge in [0.2, 0.25) is 5.78 Å². The van der Waals surface area contributed by atoms with Crippen LogP contribution in [-0.2, 0) is 0 Å². The van der Waals surface area contributed by atoms with E-state index < -0.39 is 0 Å². The summed E-state index contributed by atoms with van der Waals surface area (Å²) in [4.78, 5) is 13.5. The molecule has 0 spiro atoms. The van der Waals surface area contributed by atoms with Crippen LogP contribution < -0.4 is 0 Å². The lowest BCUT2D eigenvalue weighted by Crippen LogP contribution is -2.13. The van der Waals surface area contributed by atoms with Crippen LogP contribution in [0.2, 0.25) is 0 Å². The number of hydrogen-bond acceptors (Lipinski definition) is 3. The minimum Gasteiger partial charge on any atom is -0.287 e. The summed E-state index contributed by atoms with van der Waals surface area (Å²) in [5.41, 5.74) is 1.39. The van der Waals surface area contributed by atoms with Gasteiger partial charge < -0.3 is 0 Å². The van der Waals surface area contributed by atoms with Crippen molar-refractivity contribution in [1.82, 2.24) is 9.78 Å². The van der Waals surface area contributed by atoms with Crippen molar-refractivity contribution in [3.05, 3.63) is 47.8 Å². The van der Waals surface area contributed by atoms with Gasteiger partial charge in [-0.1, -0.05) is 12.1 Å². The minimum atomic E-state index is 0.0335. The second kappa shape index (κ2) is 5.40. The average molecular weight is 260 g/mol. The zero-order chi connectivity index (χ0) is 13.1. The molecule has 1 aromatic heterocycles. The van der Waals surface area contributed by atoms with Crippen molar-refractivity contribution in [3.63, 3.8) is 0 Å². The predicted molar refractivity (Wildman–Crippen MR) is 74.3 cm³/mol. The molecule has 0 N–H and O–H groups in total. The quantitative estimate of drug-likeness (QED) is 0.624. The Kier molecular flexibility index (Phi) is 3.87. The van der Waals surface area contributed by atoms with Crippen molar-refractivity contribution in [2.24, 2.45) is 0 Å². The molecule has 0 saturated carbocycles. The number of benzene rings is 1. The van der Waals surface area contributed by atoms with E-state index in [1.54, 1.807) is 28.7 Å². The van der Waals surface area contributed by atoms with E-state index in [4.69, 9.17) is 0 Å². The van der Waals surface area contributed by atoms with E-state index in [9.17, 15) is 4.79 Å². The number of thioether (sulfide) groups is 1. The molecule has 1 aromatic carbocycles. The summed E-state index contributed by atoms with van der Waals surface area (Å²) in [5, 5.41) is 4.21. The lowest BCUT2D eigenvalue weighted by molar-refractivity contribution is 0.102. The number of hydrogen-bond donors (Lipinski definition) is 0. The molecule has 0 saturated heterocycles. The summed E-state index contributed by atoms with van der Waals surface area (Å²) in [5.74, 6) is 0.0335. The van der Waals surface area contributed by atoms with Crippen LogP contribution in [0.1, 0.15) is 35.9 Å². The van der Waals surface area contributed by atoms with Gasteiger partial charge in [-0.2, -0.15) is 5.10 Å². The summed E-state index contributed by atoms with van der Waals surface area (Å²) in [6.07, 6.45) is 3.65. The molecule has 0 radical (unpaired) electrons. The second-order valence-electron chi connectivity index (χ2n) is 4.28. The first-order valence-corrected chi connectivity index (χ1v) is 7.09. The first-order chi connectivity index (χ1) is 8.65. The van der Waals surface area contributed by atoms with Gasteiger partial charge in [-0.25, -0.2) is 0 Å². The Hall–Kier alpha value is -1.55. The van der Waals surface area contributed by atoms with Gasteiger partial charge in [0, 0.05) is 22.7 Å². The van der Waals surface area contributed by atoms with E-state index in [0.717, 1.165) is 10.5 Å². The third-order valence-corrected chi connectivity index (χ3v) is 3.54. The Morgan fingerprint density at radius 1 is 1.28 bits per heavy atom. The van der Waals surface area contributed by atoms with Crippen LogP contribution in [-0.4, -0.2) is 21.8 Å². The first-order valence-electron chi connectivity index (χ1n) is 5.86. The SMILES string of the molecule is CSc1ccccc1C(=O)c1ccnn1C(C)C. The molecule has 0 aliphatic rings. The highest BCUT2D eigenvalue weighted by Gasteiger charge is 2.18. The molecule has 4 heteroatoms. The molecule has 0 unspecified atom stereocenters. The number of rotatable bonds is 4. The lowest BCUT2D eigenvalue weighted by atomic mass is 10.1. The van der Waals surface area contributed by atoms with Crippen LogP contribution in [0, 0.1) is 0 Å². The van der Waals surface area contributed by atoms with Gasteiger partial charge in [0.1, 0.15) is 5.69 Å². The molecule has 94 valence electrons. The predicted octanol–water partition coefficient (Wildman–Crippen LogP) is 3.42. The van der Waals surface area contributed by atoms with Gasteiger partial charge in [-0.05, 0) is 38.3 Å². The number of ketones is 1. The van der Waals surface area contributed by atoms with E-state index in [2.05, 4.69) is 5.10 Å². The Morgan fingerprint density at radius 3 is 2.67 bits per heavy atom. The second-order valence-corrected chi connectivity index (χ2v) is 5.13. The maximum absolute atomic E-state index is 12.5. The van der Waals surface area contributed by atoms with E-state index in [1.165, 1.54) is 0 Å². The Bertz CT molecular complexity index is 560. The molecular formula is C14H16N2OS. The van der Waals surface area contributed by atoms with Gasteiger partial charge >= 0.3 is 0 Å². The van der Waals surface area contributed by atoms with Crippen LogP contribution in [0.5, 0.6) is 0 Å². The number of aromatic nitrogens is 2. The maximum Gasteiger partial charge on any atom is 0.212 e. The van der Waals surface area contributed by atoms with Crippen molar-refractivity contribution in [2.75, 3.05) is 6.26 Å². The van der Waals surface area contributed by atoms with Crippen LogP contribution in [0.15, 0.2) is 41.4 Å². The van der Waals surface area contributed by atoms with Crippen LogP contribution >= 0.6 is 11.8 Å². The highest BCUT2D eigenvalue weighted by Crippen LogP contribution is 2.23. The van der Waals surface area contributed by atoms with Gasteiger partial charge in [0.25, 0.3) is 0 Å². The molecule has 0 aliphatic carbocycles. The maximum atomic E-state index is 12.5. The number of carbonyl (C=O) groups is 1. The zero-order valence-corrected chi connectivity index (χ0v) is 11.6. The molecular weight excluding hydrogens is 244 g/mol. The normalized spacial score (nSPS) is 10.9. The minimum absolute atomic E-state index is 0.0335. The summed E-state index contributed by atoms with van der Waals surface area (Å²) < 4.78 is 1.76. The third-order valence-electron chi connectivity index (χ3n) is 2.74. The fraction of sp³-hybridized carbons (Fsp3) is 0.286. The number of carbonyl (C=O) groups excluding carboxylic acids is 1. The Labute approximate surface area is 111 Å². The Morgan fingerprint density at radius 2 is 2.00 bits per heavy atom. The zero-order valence-electron chi connectivity index (χ0n) is 10.8. The van der Waals surface area contributed by atoms with Crippen molar-refractivity contribution < 1.29 is 4.79 Å². The van der Waals surface area contributed by atoms with Crippen LogP contribution in [0.3, 0.4) is 0 Å². The fourth-order valence-electron chi connectivity index (χ4n) is 1.88. The summed E-state index contributed by atoms with van der Waals surface area (Å²) in [6, 6.07) is 9.63. The van der Waals surface area contributed by atoms with Gasteiger partial charge in [-0.15, -0.1) is 11.8 Å². The molecule has 0 bridgehead atoms. The van der Waals surface area contributed by atoms with E-state index >= 15 is 0 Å². The van der Waals surface area contributed by atoms with Gasteiger partial charge in [0.05, 0.1) is 0 Å². The molecule has 1 heterocycles. The smallest absolute Gasteiger partial charge is 0.212 e. The van der Waals surface area contributed by atoms with E-state index in [-0.39, 0.29) is 11.8 Å². The molecule has 18 heavy (non-hydrogen) atoms. The monoisotopic (exact) mass is 260 g/mol. The Balaban J connectivity index is 2.45. The summed E-state index contributed by atoms with van der Waals surface area (Å²) in [6.45, 7) is 4.04. The molecule has 3 nitrogen and oxygen atoms in total. The van der Waals surface area contributed by atoms with Gasteiger partial charge in [-0.3, -0.25) is 9.48 Å². The molecule has 2 aromatic rings. The van der Waals surface area contributed by atoms with Crippen molar-refractivity contribution >= 4 is 17.5 Å². The summed E-state index contributed by atoms with van der Waals surface area (Å²) in [7, 11) is 0. The molecule has 0 amide bonds. The molecule has 2 rings (SSSR count). The van der Waals surface area contributed by atoms with Crippen molar-refractivity contribution in [1.29, 1.82) is 0 Å². The number of nitrogens with zero attached hydrogens (tertiary/aromatic N) is 2. The van der Waals surface area contributed by atoms with Crippen molar-refractivity contribution in [3.8, 4) is 0 Å².